The lowest BCUT2D eigenvalue weighted by Crippen LogP contribution is -2.31. The van der Waals surface area contributed by atoms with E-state index in [2.05, 4.69) is 39.4 Å². The molecule has 190 valence electrons. The number of anilines is 2. The van der Waals surface area contributed by atoms with E-state index in [4.69, 9.17) is 21.1 Å². The number of fused-ring (bicyclic) bond motifs is 1. The highest BCUT2D eigenvalue weighted by Gasteiger charge is 2.29. The average Bonchev–Trinajstić information content (AvgIpc) is 3.27. The molecule has 1 amide bonds. The van der Waals surface area contributed by atoms with Crippen molar-refractivity contribution in [3.8, 4) is 22.8 Å². The van der Waals surface area contributed by atoms with Crippen molar-refractivity contribution >= 4 is 28.9 Å². The minimum absolute atomic E-state index is 0.153. The van der Waals surface area contributed by atoms with Crippen LogP contribution in [0.25, 0.3) is 11.3 Å². The summed E-state index contributed by atoms with van der Waals surface area (Å²) < 4.78 is 11.9. The Kier molecular flexibility index (Phi) is 6.76. The van der Waals surface area contributed by atoms with Crippen LogP contribution in [0.5, 0.6) is 11.5 Å². The number of H-pyrrole nitrogens is 1. The number of hydrogen-bond donors (Lipinski definition) is 3. The van der Waals surface area contributed by atoms with Crippen molar-refractivity contribution < 1.29 is 14.3 Å². The van der Waals surface area contributed by atoms with Gasteiger partial charge in [-0.05, 0) is 30.3 Å². The number of nitrogens with zero attached hydrogens (tertiary/aromatic N) is 2. The number of nitrogens with one attached hydrogen (secondary N) is 3. The van der Waals surface area contributed by atoms with Gasteiger partial charge in [-0.3, -0.25) is 14.8 Å². The van der Waals surface area contributed by atoms with Gasteiger partial charge in [0.15, 0.2) is 5.75 Å². The second-order valence-electron chi connectivity index (χ2n) is 9.44. The molecule has 8 nitrogen and oxygen atoms in total. The Morgan fingerprint density at radius 1 is 1.14 bits per heavy atom. The first-order chi connectivity index (χ1) is 17.9. The maximum absolute atomic E-state index is 13.0. The highest BCUT2D eigenvalue weighted by molar-refractivity contribution is 6.32. The van der Waals surface area contributed by atoms with Gasteiger partial charge in [0.25, 0.3) is 5.91 Å². The molecule has 9 heteroatoms. The summed E-state index contributed by atoms with van der Waals surface area (Å²) in [7, 11) is 1.56. The first-order valence-electron chi connectivity index (χ1n) is 12.0. The quantitative estimate of drug-likeness (QED) is 0.284. The van der Waals surface area contributed by atoms with Gasteiger partial charge in [0.05, 0.1) is 47.6 Å². The van der Waals surface area contributed by atoms with Crippen LogP contribution in [0.15, 0.2) is 61.1 Å². The second kappa shape index (κ2) is 10.1. The Morgan fingerprint density at radius 2 is 2.00 bits per heavy atom. The van der Waals surface area contributed by atoms with E-state index in [1.165, 1.54) is 0 Å². The molecule has 37 heavy (non-hydrogen) atoms. The largest absolute Gasteiger partial charge is 0.493 e. The minimum Gasteiger partial charge on any atom is -0.493 e. The van der Waals surface area contributed by atoms with E-state index in [-0.39, 0.29) is 11.3 Å². The number of aromatic amines is 1. The first kappa shape index (κ1) is 24.6. The topological polar surface area (TPSA) is 101 Å². The van der Waals surface area contributed by atoms with E-state index < -0.39 is 0 Å². The maximum Gasteiger partial charge on any atom is 0.255 e. The SMILES string of the molecule is COc1c(Cl)cccc1Nc1c(-c2ccncc2OCC(C)(C)c2ccccn2)[nH]c2c1C(=O)NCC2. The minimum atomic E-state index is -0.335. The first-order valence-corrected chi connectivity index (χ1v) is 12.4. The van der Waals surface area contributed by atoms with Crippen LogP contribution in [-0.4, -0.2) is 41.1 Å². The van der Waals surface area contributed by atoms with E-state index in [0.29, 0.717) is 53.0 Å². The molecule has 0 spiro atoms. The highest BCUT2D eigenvalue weighted by atomic mass is 35.5. The number of halogens is 1. The summed E-state index contributed by atoms with van der Waals surface area (Å²) in [4.78, 5) is 25.3. The van der Waals surface area contributed by atoms with Crippen molar-refractivity contribution in [1.29, 1.82) is 0 Å². The molecule has 0 unspecified atom stereocenters. The molecule has 0 saturated heterocycles. The third kappa shape index (κ3) is 4.84. The summed E-state index contributed by atoms with van der Waals surface area (Å²) >= 11 is 6.37. The van der Waals surface area contributed by atoms with Gasteiger partial charge in [0, 0.05) is 47.7 Å². The van der Waals surface area contributed by atoms with Crippen LogP contribution in [0.3, 0.4) is 0 Å². The fraction of sp³-hybridized carbons (Fsp3) is 0.250. The predicted molar refractivity (Wildman–Crippen MR) is 144 cm³/mol. The van der Waals surface area contributed by atoms with Gasteiger partial charge >= 0.3 is 0 Å². The number of para-hydroxylation sites is 1. The molecule has 0 saturated carbocycles. The Hall–Kier alpha value is -4.04. The maximum atomic E-state index is 13.0. The standard InChI is InChI=1S/C28H28ClN5O3/c1-28(2,22-9-4-5-12-31-22)16-37-21-15-30-13-10-17(21)24-25(23-19(33-24)11-14-32-27(23)35)34-20-8-6-7-18(29)26(20)36-3/h4-10,12-13,15,33-34H,11,14,16H2,1-3H3,(H,32,35). The number of carbonyl (C=O) groups excluding carboxylic acids is 1. The van der Waals surface area contributed by atoms with Crippen molar-refractivity contribution in [2.24, 2.45) is 0 Å². The highest BCUT2D eigenvalue weighted by Crippen LogP contribution is 2.43. The summed E-state index contributed by atoms with van der Waals surface area (Å²) in [6.07, 6.45) is 5.85. The predicted octanol–water partition coefficient (Wildman–Crippen LogP) is 5.52. The number of pyridine rings is 2. The summed E-state index contributed by atoms with van der Waals surface area (Å²) in [5.41, 5.74) is 4.76. The fourth-order valence-electron chi connectivity index (χ4n) is 4.45. The van der Waals surface area contributed by atoms with Gasteiger partial charge in [-0.15, -0.1) is 0 Å². The van der Waals surface area contributed by atoms with Crippen LogP contribution in [0.2, 0.25) is 5.02 Å². The van der Waals surface area contributed by atoms with Gasteiger partial charge in [-0.2, -0.15) is 0 Å². The smallest absolute Gasteiger partial charge is 0.255 e. The molecular formula is C28H28ClN5O3. The van der Waals surface area contributed by atoms with Gasteiger partial charge < -0.3 is 25.1 Å². The van der Waals surface area contributed by atoms with Crippen molar-refractivity contribution in [2.75, 3.05) is 25.6 Å². The molecular weight excluding hydrogens is 490 g/mol. The third-order valence-electron chi connectivity index (χ3n) is 6.40. The summed E-state index contributed by atoms with van der Waals surface area (Å²) in [5, 5.41) is 6.81. The van der Waals surface area contributed by atoms with Crippen molar-refractivity contribution in [3.63, 3.8) is 0 Å². The number of rotatable bonds is 8. The Labute approximate surface area is 220 Å². The molecule has 4 heterocycles. The monoisotopic (exact) mass is 517 g/mol. The van der Waals surface area contributed by atoms with E-state index in [0.717, 1.165) is 22.6 Å². The van der Waals surface area contributed by atoms with Crippen molar-refractivity contribution in [1.82, 2.24) is 20.3 Å². The molecule has 3 aromatic heterocycles. The molecule has 0 atom stereocenters. The number of benzene rings is 1. The molecule has 0 bridgehead atoms. The summed E-state index contributed by atoms with van der Waals surface area (Å²) in [6.45, 7) is 5.11. The van der Waals surface area contributed by atoms with Crippen molar-refractivity contribution in [2.45, 2.75) is 25.7 Å². The average molecular weight is 518 g/mol. The van der Waals surface area contributed by atoms with Gasteiger partial charge in [0.2, 0.25) is 0 Å². The Bertz CT molecular complexity index is 1440. The summed E-state index contributed by atoms with van der Waals surface area (Å²) in [5.74, 6) is 0.927. The van der Waals surface area contributed by atoms with Crippen LogP contribution in [-0.2, 0) is 11.8 Å². The number of amides is 1. The number of ether oxygens (including phenoxy) is 2. The van der Waals surface area contributed by atoms with E-state index in [9.17, 15) is 4.79 Å². The molecule has 4 aromatic rings. The van der Waals surface area contributed by atoms with Crippen LogP contribution in [0.1, 0.15) is 35.6 Å². The van der Waals surface area contributed by atoms with E-state index in [1.807, 2.05) is 36.4 Å². The van der Waals surface area contributed by atoms with Gasteiger partial charge in [-0.1, -0.05) is 37.6 Å². The normalized spacial score (nSPS) is 13.0. The zero-order chi connectivity index (χ0) is 26.0. The molecule has 1 aliphatic rings. The molecule has 1 aliphatic heterocycles. The zero-order valence-corrected chi connectivity index (χ0v) is 21.6. The van der Waals surface area contributed by atoms with Gasteiger partial charge in [-0.25, -0.2) is 0 Å². The number of methoxy groups -OCH3 is 1. The van der Waals surface area contributed by atoms with Crippen LogP contribution < -0.4 is 20.1 Å². The van der Waals surface area contributed by atoms with Crippen LogP contribution in [0, 0.1) is 0 Å². The summed E-state index contributed by atoms with van der Waals surface area (Å²) in [6, 6.07) is 13.2. The number of carbonyl (C=O) groups is 1. The molecule has 0 fully saturated rings. The molecule has 3 N–H and O–H groups in total. The Morgan fingerprint density at radius 3 is 2.78 bits per heavy atom. The van der Waals surface area contributed by atoms with Gasteiger partial charge in [0.1, 0.15) is 5.75 Å². The lowest BCUT2D eigenvalue weighted by molar-refractivity contribution is 0.0947. The third-order valence-corrected chi connectivity index (χ3v) is 6.69. The lowest BCUT2D eigenvalue weighted by atomic mass is 9.90. The van der Waals surface area contributed by atoms with Crippen LogP contribution >= 0.6 is 11.6 Å². The molecule has 0 aliphatic carbocycles. The molecule has 5 rings (SSSR count). The second-order valence-corrected chi connectivity index (χ2v) is 9.85. The van der Waals surface area contributed by atoms with Crippen LogP contribution in [0.4, 0.5) is 11.4 Å². The Balaban J connectivity index is 1.56. The molecule has 1 aromatic carbocycles. The number of hydrogen-bond acceptors (Lipinski definition) is 6. The van der Waals surface area contributed by atoms with E-state index in [1.54, 1.807) is 31.8 Å². The zero-order valence-electron chi connectivity index (χ0n) is 20.9. The van der Waals surface area contributed by atoms with E-state index >= 15 is 0 Å². The lowest BCUT2D eigenvalue weighted by Gasteiger charge is -2.25. The number of aromatic nitrogens is 3. The van der Waals surface area contributed by atoms with Crippen molar-refractivity contribution in [3.05, 3.63) is 83.0 Å². The fourth-order valence-corrected chi connectivity index (χ4v) is 4.70. The molecule has 0 radical (unpaired) electrons.